The summed E-state index contributed by atoms with van der Waals surface area (Å²) < 4.78 is 14.3. The summed E-state index contributed by atoms with van der Waals surface area (Å²) in [5.74, 6) is -0.200. The fourth-order valence-electron chi connectivity index (χ4n) is 5.62. The van der Waals surface area contributed by atoms with Gasteiger partial charge < -0.3 is 4.74 Å². The zero-order chi connectivity index (χ0) is 26.9. The summed E-state index contributed by atoms with van der Waals surface area (Å²) in [6, 6.07) is 18.0. The highest BCUT2D eigenvalue weighted by Gasteiger charge is 2.25. The second-order valence-corrected chi connectivity index (χ2v) is 10.1. The number of nitrogens with one attached hydrogen (secondary N) is 1. The molecule has 9 heteroatoms. The molecule has 1 aliphatic heterocycles. The van der Waals surface area contributed by atoms with E-state index in [2.05, 4.69) is 29.2 Å². The lowest BCUT2D eigenvalue weighted by atomic mass is 9.96. The Labute approximate surface area is 225 Å². The molecular formula is C30H31N5O4. The van der Waals surface area contributed by atoms with E-state index in [4.69, 9.17) is 14.4 Å². The maximum atomic E-state index is 14.1. The van der Waals surface area contributed by atoms with Gasteiger partial charge in [-0.1, -0.05) is 67.0 Å². The largest absolute Gasteiger partial charge is 0.439 e. The summed E-state index contributed by atoms with van der Waals surface area (Å²) in [5.41, 5.74) is 7.35. The van der Waals surface area contributed by atoms with Crippen molar-refractivity contribution in [3.8, 4) is 22.5 Å². The number of ether oxygens (including phenoxy) is 1. The Kier molecular flexibility index (Phi) is 6.74. The lowest BCUT2D eigenvalue weighted by molar-refractivity contribution is 0.0694. The van der Waals surface area contributed by atoms with Crippen molar-refractivity contribution in [1.82, 2.24) is 24.3 Å². The number of aromatic nitrogens is 5. The first-order valence-corrected chi connectivity index (χ1v) is 13.5. The summed E-state index contributed by atoms with van der Waals surface area (Å²) >= 11 is 0. The minimum absolute atomic E-state index is 0.0714. The lowest BCUT2D eigenvalue weighted by Gasteiger charge is -2.26. The topological polar surface area (TPSA) is 107 Å². The lowest BCUT2D eigenvalue weighted by Crippen LogP contribution is -2.34. The normalized spacial score (nSPS) is 14.3. The van der Waals surface area contributed by atoms with E-state index in [1.54, 1.807) is 0 Å². The van der Waals surface area contributed by atoms with Gasteiger partial charge in [0.15, 0.2) is 5.82 Å². The first-order chi connectivity index (χ1) is 19.0. The van der Waals surface area contributed by atoms with Crippen molar-refractivity contribution in [3.63, 3.8) is 0 Å². The number of nitrogens with zero attached hydrogens (tertiary/aromatic N) is 4. The Morgan fingerprint density at radius 1 is 1.03 bits per heavy atom. The number of H-pyrrole nitrogens is 1. The van der Waals surface area contributed by atoms with Crippen LogP contribution in [0, 0.1) is 6.92 Å². The number of rotatable bonds is 7. The summed E-state index contributed by atoms with van der Waals surface area (Å²) in [7, 11) is 0. The molecule has 2 aromatic carbocycles. The Bertz CT molecular complexity index is 1740. The molecule has 1 saturated heterocycles. The zero-order valence-electron chi connectivity index (χ0n) is 22.1. The van der Waals surface area contributed by atoms with Gasteiger partial charge in [-0.05, 0) is 42.9 Å². The van der Waals surface area contributed by atoms with Crippen molar-refractivity contribution in [2.24, 2.45) is 0 Å². The maximum Gasteiger partial charge on any atom is 0.439 e. The van der Waals surface area contributed by atoms with E-state index in [1.165, 1.54) is 0 Å². The number of hydrogen-bond donors (Lipinski definition) is 1. The standard InChI is InChI=1S/C30H31N5O4/c1-3-6-26-25(29(36)34(22-13-15-38-16-14-22)27-17-19(2)32-35(26)27)18-20-9-11-21(12-10-20)23-7-4-5-8-24(23)28-31-30(37)39-33-28/h4-5,7-12,17,22H,3,6,13-16,18H2,1-2H3,(H,31,33,37). The second-order valence-electron chi connectivity index (χ2n) is 10.1. The van der Waals surface area contributed by atoms with Crippen molar-refractivity contribution < 1.29 is 9.26 Å². The fourth-order valence-corrected chi connectivity index (χ4v) is 5.62. The molecule has 1 N–H and O–H groups in total. The van der Waals surface area contributed by atoms with Gasteiger partial charge in [0.25, 0.3) is 5.56 Å². The van der Waals surface area contributed by atoms with Crippen LogP contribution in [0.3, 0.4) is 0 Å². The smallest absolute Gasteiger partial charge is 0.381 e. The molecule has 6 rings (SSSR count). The predicted molar refractivity (Wildman–Crippen MR) is 148 cm³/mol. The Hall–Kier alpha value is -4.24. The molecule has 1 fully saturated rings. The number of hydrogen-bond acceptors (Lipinski definition) is 6. The maximum absolute atomic E-state index is 14.1. The molecular weight excluding hydrogens is 494 g/mol. The van der Waals surface area contributed by atoms with Crippen molar-refractivity contribution in [2.45, 2.75) is 52.0 Å². The van der Waals surface area contributed by atoms with Gasteiger partial charge in [0.2, 0.25) is 0 Å². The molecule has 0 amide bonds. The van der Waals surface area contributed by atoms with Gasteiger partial charge in [0.05, 0.1) is 11.4 Å². The van der Waals surface area contributed by atoms with Gasteiger partial charge in [-0.25, -0.2) is 9.31 Å². The highest BCUT2D eigenvalue weighted by molar-refractivity contribution is 5.80. The van der Waals surface area contributed by atoms with Gasteiger partial charge in [-0.3, -0.25) is 18.9 Å². The van der Waals surface area contributed by atoms with Gasteiger partial charge in [0, 0.05) is 42.9 Å². The average molecular weight is 526 g/mol. The molecule has 4 heterocycles. The van der Waals surface area contributed by atoms with Gasteiger partial charge >= 0.3 is 5.76 Å². The quantitative estimate of drug-likeness (QED) is 0.330. The Balaban J connectivity index is 1.41. The van der Waals surface area contributed by atoms with E-state index in [0.717, 1.165) is 70.5 Å². The third-order valence-corrected chi connectivity index (χ3v) is 7.45. The molecule has 0 spiro atoms. The predicted octanol–water partition coefficient (Wildman–Crippen LogP) is 4.71. The van der Waals surface area contributed by atoms with Crippen LogP contribution in [-0.2, 0) is 17.6 Å². The number of aryl methyl sites for hydroxylation is 2. The number of aromatic amines is 1. The highest BCUT2D eigenvalue weighted by atomic mass is 16.5. The molecule has 0 bridgehead atoms. The zero-order valence-corrected chi connectivity index (χ0v) is 22.1. The number of benzene rings is 2. The molecule has 3 aromatic heterocycles. The summed E-state index contributed by atoms with van der Waals surface area (Å²) in [6.07, 6.45) is 3.85. The van der Waals surface area contributed by atoms with E-state index < -0.39 is 5.76 Å². The molecule has 200 valence electrons. The van der Waals surface area contributed by atoms with E-state index in [9.17, 15) is 9.59 Å². The molecule has 39 heavy (non-hydrogen) atoms. The first-order valence-electron chi connectivity index (χ1n) is 13.5. The van der Waals surface area contributed by atoms with E-state index in [0.29, 0.717) is 25.5 Å². The van der Waals surface area contributed by atoms with Crippen molar-refractivity contribution in [3.05, 3.63) is 98.0 Å². The van der Waals surface area contributed by atoms with Crippen LogP contribution in [0.4, 0.5) is 0 Å². The van der Waals surface area contributed by atoms with Crippen LogP contribution in [0.2, 0.25) is 0 Å². The molecule has 0 atom stereocenters. The molecule has 0 saturated carbocycles. The minimum Gasteiger partial charge on any atom is -0.381 e. The van der Waals surface area contributed by atoms with Crippen molar-refractivity contribution >= 4 is 5.65 Å². The van der Waals surface area contributed by atoms with Crippen molar-refractivity contribution in [2.75, 3.05) is 13.2 Å². The number of fused-ring (bicyclic) bond motifs is 1. The molecule has 0 radical (unpaired) electrons. The average Bonchev–Trinajstić information content (AvgIpc) is 3.57. The summed E-state index contributed by atoms with van der Waals surface area (Å²) in [4.78, 5) is 28.3. The van der Waals surface area contributed by atoms with Gasteiger partial charge in [-0.2, -0.15) is 5.10 Å². The first kappa shape index (κ1) is 25.1. The second kappa shape index (κ2) is 10.5. The third kappa shape index (κ3) is 4.74. The van der Waals surface area contributed by atoms with Crippen LogP contribution in [-0.4, -0.2) is 37.5 Å². The Morgan fingerprint density at radius 3 is 2.46 bits per heavy atom. The van der Waals surface area contributed by atoms with Crippen LogP contribution >= 0.6 is 0 Å². The van der Waals surface area contributed by atoms with Gasteiger partial charge in [-0.15, -0.1) is 0 Å². The Morgan fingerprint density at radius 2 is 1.77 bits per heavy atom. The van der Waals surface area contributed by atoms with E-state index in [-0.39, 0.29) is 11.6 Å². The highest BCUT2D eigenvalue weighted by Crippen LogP contribution is 2.30. The third-order valence-electron chi connectivity index (χ3n) is 7.45. The van der Waals surface area contributed by atoms with Crippen molar-refractivity contribution in [1.29, 1.82) is 0 Å². The van der Waals surface area contributed by atoms with Crippen LogP contribution in [0.25, 0.3) is 28.2 Å². The summed E-state index contributed by atoms with van der Waals surface area (Å²) in [5, 5.41) is 8.67. The van der Waals surface area contributed by atoms with Crippen LogP contribution < -0.4 is 11.3 Å². The van der Waals surface area contributed by atoms with E-state index in [1.807, 2.05) is 58.5 Å². The molecule has 1 aliphatic rings. The SMILES string of the molecule is CCCc1c(Cc2ccc(-c3ccccc3-c3noc(=O)[nH]3)cc2)c(=O)n(C2CCOCC2)c2cc(C)nn12. The summed E-state index contributed by atoms with van der Waals surface area (Å²) in [6.45, 7) is 5.43. The fraction of sp³-hybridized carbons (Fsp3) is 0.333. The van der Waals surface area contributed by atoms with Crippen LogP contribution in [0.1, 0.15) is 54.7 Å². The van der Waals surface area contributed by atoms with Crippen LogP contribution in [0.5, 0.6) is 0 Å². The molecule has 0 unspecified atom stereocenters. The monoisotopic (exact) mass is 525 g/mol. The van der Waals surface area contributed by atoms with Gasteiger partial charge in [0.1, 0.15) is 5.65 Å². The van der Waals surface area contributed by atoms with E-state index >= 15 is 0 Å². The molecule has 5 aromatic rings. The minimum atomic E-state index is -0.589. The molecule has 9 nitrogen and oxygen atoms in total. The van der Waals surface area contributed by atoms with Crippen LogP contribution in [0.15, 0.2) is 68.7 Å². The molecule has 0 aliphatic carbocycles.